The fraction of sp³-hybridized carbons (Fsp3) is 0.176. The molecule has 148 valence electrons. The number of hydroxylamine groups is 1. The Labute approximate surface area is 162 Å². The summed E-state index contributed by atoms with van der Waals surface area (Å²) in [4.78, 5) is 6.69. The maximum atomic E-state index is 14.1. The van der Waals surface area contributed by atoms with E-state index in [1.165, 1.54) is 13.2 Å². The molecule has 0 unspecified atom stereocenters. The third-order valence-electron chi connectivity index (χ3n) is 3.88. The Bertz CT molecular complexity index is 1040. The van der Waals surface area contributed by atoms with Gasteiger partial charge in [-0.2, -0.15) is 0 Å². The van der Waals surface area contributed by atoms with Crippen molar-refractivity contribution in [2.45, 2.75) is 0 Å². The first-order chi connectivity index (χ1) is 13.3. The molecule has 1 heterocycles. The van der Waals surface area contributed by atoms with Gasteiger partial charge in [-0.15, -0.1) is 0 Å². The Morgan fingerprint density at radius 3 is 2.75 bits per heavy atom. The summed E-state index contributed by atoms with van der Waals surface area (Å²) in [6.07, 6.45) is 0. The van der Waals surface area contributed by atoms with E-state index in [9.17, 15) is 18.4 Å². The number of hydrogen-bond donors (Lipinski definition) is 4. The summed E-state index contributed by atoms with van der Waals surface area (Å²) in [6, 6.07) is 4.03. The standard InChI is InChI=1S/C17H15ClF3N5O2/c1-28-5-4-23-17-24-14-9(7-12(20)13(21)15(14)25-17)16(22)26(27)8-2-3-11(19)10(18)6-8/h2-3,6-7,22,27H,4-5H2,1H3,(H2,23,24,25). The Balaban J connectivity index is 2.01. The Morgan fingerprint density at radius 2 is 2.07 bits per heavy atom. The highest BCUT2D eigenvalue weighted by atomic mass is 35.5. The second kappa shape index (κ2) is 8.05. The average molecular weight is 414 g/mol. The van der Waals surface area contributed by atoms with E-state index in [1.54, 1.807) is 0 Å². The van der Waals surface area contributed by atoms with Crippen molar-refractivity contribution in [1.29, 1.82) is 5.41 Å². The van der Waals surface area contributed by atoms with Crippen LogP contribution in [-0.2, 0) is 4.74 Å². The van der Waals surface area contributed by atoms with E-state index in [0.29, 0.717) is 18.2 Å². The first kappa shape index (κ1) is 19.9. The largest absolute Gasteiger partial charge is 0.383 e. The highest BCUT2D eigenvalue weighted by molar-refractivity contribution is 6.31. The Hall–Kier alpha value is -2.82. The molecule has 4 N–H and O–H groups in total. The summed E-state index contributed by atoms with van der Waals surface area (Å²) in [5, 5.41) is 21.4. The van der Waals surface area contributed by atoms with Crippen LogP contribution in [-0.4, -0.2) is 41.3 Å². The number of rotatable bonds is 6. The van der Waals surface area contributed by atoms with E-state index in [0.717, 1.165) is 18.2 Å². The van der Waals surface area contributed by atoms with Crippen molar-refractivity contribution in [3.8, 4) is 0 Å². The quantitative estimate of drug-likeness (QED) is 0.212. The van der Waals surface area contributed by atoms with E-state index in [-0.39, 0.29) is 33.3 Å². The van der Waals surface area contributed by atoms with Gasteiger partial charge in [0.05, 0.1) is 22.8 Å². The molecule has 0 saturated heterocycles. The molecule has 0 radical (unpaired) electrons. The van der Waals surface area contributed by atoms with E-state index < -0.39 is 23.3 Å². The van der Waals surface area contributed by atoms with Gasteiger partial charge < -0.3 is 15.0 Å². The lowest BCUT2D eigenvalue weighted by Gasteiger charge is -2.18. The number of nitrogens with one attached hydrogen (secondary N) is 3. The lowest BCUT2D eigenvalue weighted by molar-refractivity contribution is 0.210. The second-order valence-electron chi connectivity index (χ2n) is 5.71. The molecule has 0 saturated carbocycles. The van der Waals surface area contributed by atoms with Crippen molar-refractivity contribution in [1.82, 2.24) is 9.97 Å². The number of aromatic nitrogens is 2. The number of hydrogen-bond acceptors (Lipinski definition) is 5. The zero-order valence-corrected chi connectivity index (χ0v) is 15.2. The minimum absolute atomic E-state index is 0.00363. The van der Waals surface area contributed by atoms with Gasteiger partial charge in [-0.05, 0) is 24.3 Å². The van der Waals surface area contributed by atoms with Crippen molar-refractivity contribution < 1.29 is 23.1 Å². The van der Waals surface area contributed by atoms with Crippen molar-refractivity contribution in [2.24, 2.45) is 0 Å². The highest BCUT2D eigenvalue weighted by Crippen LogP contribution is 2.28. The number of H-pyrrole nitrogens is 1. The summed E-state index contributed by atoms with van der Waals surface area (Å²) in [7, 11) is 1.51. The predicted molar refractivity (Wildman–Crippen MR) is 98.9 cm³/mol. The molecular formula is C17H15ClF3N5O2. The fourth-order valence-electron chi connectivity index (χ4n) is 2.50. The number of imidazole rings is 1. The summed E-state index contributed by atoms with van der Waals surface area (Å²) < 4.78 is 46.4. The van der Waals surface area contributed by atoms with Crippen molar-refractivity contribution in [3.63, 3.8) is 0 Å². The number of halogens is 4. The summed E-state index contributed by atoms with van der Waals surface area (Å²) >= 11 is 5.69. The Morgan fingerprint density at radius 1 is 1.32 bits per heavy atom. The fourth-order valence-corrected chi connectivity index (χ4v) is 2.68. The van der Waals surface area contributed by atoms with Crippen LogP contribution >= 0.6 is 11.6 Å². The molecule has 0 bridgehead atoms. The van der Waals surface area contributed by atoms with Crippen LogP contribution in [0.3, 0.4) is 0 Å². The molecule has 0 spiro atoms. The zero-order chi connectivity index (χ0) is 20.4. The lowest BCUT2D eigenvalue weighted by Crippen LogP contribution is -2.27. The number of amidine groups is 1. The summed E-state index contributed by atoms with van der Waals surface area (Å²) in [5.41, 5.74) is -0.544. The van der Waals surface area contributed by atoms with Crippen LogP contribution in [0.15, 0.2) is 24.3 Å². The summed E-state index contributed by atoms with van der Waals surface area (Å²) in [6.45, 7) is 0.708. The molecule has 11 heteroatoms. The van der Waals surface area contributed by atoms with Gasteiger partial charge in [-0.1, -0.05) is 11.6 Å². The van der Waals surface area contributed by atoms with Gasteiger partial charge in [0.2, 0.25) is 5.95 Å². The maximum Gasteiger partial charge on any atom is 0.201 e. The monoisotopic (exact) mass is 413 g/mol. The van der Waals surface area contributed by atoms with E-state index in [1.807, 2.05) is 0 Å². The van der Waals surface area contributed by atoms with Crippen LogP contribution in [0.4, 0.5) is 24.8 Å². The van der Waals surface area contributed by atoms with E-state index in [2.05, 4.69) is 15.3 Å². The van der Waals surface area contributed by atoms with Crippen LogP contribution in [0.25, 0.3) is 11.0 Å². The van der Waals surface area contributed by atoms with Gasteiger partial charge in [0.1, 0.15) is 11.3 Å². The van der Waals surface area contributed by atoms with Gasteiger partial charge in [0, 0.05) is 19.2 Å². The van der Waals surface area contributed by atoms with Crippen LogP contribution in [0.1, 0.15) is 5.56 Å². The minimum atomic E-state index is -1.24. The molecule has 0 atom stereocenters. The molecule has 0 aliphatic carbocycles. The zero-order valence-electron chi connectivity index (χ0n) is 14.5. The van der Waals surface area contributed by atoms with E-state index in [4.69, 9.17) is 21.7 Å². The van der Waals surface area contributed by atoms with Gasteiger partial charge in [-0.25, -0.2) is 23.2 Å². The van der Waals surface area contributed by atoms with Crippen molar-refractivity contribution in [2.75, 3.05) is 30.6 Å². The van der Waals surface area contributed by atoms with Crippen LogP contribution in [0, 0.1) is 22.9 Å². The molecule has 0 fully saturated rings. The van der Waals surface area contributed by atoms with Gasteiger partial charge >= 0.3 is 0 Å². The maximum absolute atomic E-state index is 14.1. The molecule has 3 rings (SSSR count). The van der Waals surface area contributed by atoms with E-state index >= 15 is 0 Å². The van der Waals surface area contributed by atoms with Gasteiger partial charge in [0.25, 0.3) is 0 Å². The third kappa shape index (κ3) is 3.75. The molecule has 0 aliphatic heterocycles. The smallest absolute Gasteiger partial charge is 0.201 e. The molecule has 1 aromatic heterocycles. The predicted octanol–water partition coefficient (Wildman–Crippen LogP) is 3.91. The molecule has 7 nitrogen and oxygen atoms in total. The second-order valence-corrected chi connectivity index (χ2v) is 6.11. The van der Waals surface area contributed by atoms with Crippen molar-refractivity contribution >= 4 is 40.1 Å². The number of aromatic amines is 1. The molecule has 0 amide bonds. The average Bonchev–Trinajstić information content (AvgIpc) is 3.10. The lowest BCUT2D eigenvalue weighted by atomic mass is 10.1. The van der Waals surface area contributed by atoms with Crippen LogP contribution in [0.5, 0.6) is 0 Å². The molecule has 28 heavy (non-hydrogen) atoms. The number of methoxy groups -OCH3 is 1. The van der Waals surface area contributed by atoms with Gasteiger partial charge in [-0.3, -0.25) is 10.6 Å². The van der Waals surface area contributed by atoms with Crippen LogP contribution < -0.4 is 10.4 Å². The Kier molecular flexibility index (Phi) is 5.73. The molecule has 2 aromatic carbocycles. The molecule has 0 aliphatic rings. The summed E-state index contributed by atoms with van der Waals surface area (Å²) in [5.74, 6) is -3.61. The number of nitrogens with zero attached hydrogens (tertiary/aromatic N) is 2. The first-order valence-corrected chi connectivity index (χ1v) is 8.34. The molecular weight excluding hydrogens is 399 g/mol. The molecule has 3 aromatic rings. The number of fused-ring (bicyclic) bond motifs is 1. The third-order valence-corrected chi connectivity index (χ3v) is 4.16. The number of anilines is 2. The van der Waals surface area contributed by atoms with Crippen molar-refractivity contribution in [3.05, 3.63) is 52.3 Å². The van der Waals surface area contributed by atoms with Crippen LogP contribution in [0.2, 0.25) is 5.02 Å². The topological polar surface area (TPSA) is 97.3 Å². The minimum Gasteiger partial charge on any atom is -0.383 e. The first-order valence-electron chi connectivity index (χ1n) is 7.97. The SMILES string of the molecule is COCCNc1nc2c(F)c(F)cc(C(=N)N(O)c3ccc(F)c(Cl)c3)c2[nH]1. The highest BCUT2D eigenvalue weighted by Gasteiger charge is 2.22. The normalized spacial score (nSPS) is 11.1. The van der Waals surface area contributed by atoms with Gasteiger partial charge in [0.15, 0.2) is 17.5 Å². The number of ether oxygens (including phenoxy) is 1. The number of benzene rings is 2.